The van der Waals surface area contributed by atoms with E-state index in [9.17, 15) is 9.90 Å². The number of carboxylic acids is 1. The Hall–Kier alpha value is -3.64. The summed E-state index contributed by atoms with van der Waals surface area (Å²) in [6.45, 7) is 5.65. The molecule has 0 radical (unpaired) electrons. The van der Waals surface area contributed by atoms with Gasteiger partial charge in [-0.3, -0.25) is 0 Å². The summed E-state index contributed by atoms with van der Waals surface area (Å²) >= 11 is 1.53. The number of carbonyl (C=O) groups is 1. The summed E-state index contributed by atoms with van der Waals surface area (Å²) in [5.74, 6) is 1.00. The number of nitrogens with zero attached hydrogens (tertiary/aromatic N) is 1. The van der Waals surface area contributed by atoms with Gasteiger partial charge in [-0.1, -0.05) is 51.1 Å². The molecule has 0 amide bonds. The number of aliphatic carboxylic acids is 1. The summed E-state index contributed by atoms with van der Waals surface area (Å²) in [5.41, 5.74) is 8.77. The van der Waals surface area contributed by atoms with Crippen LogP contribution in [0.1, 0.15) is 26.3 Å². The largest absolute Gasteiger partial charge is 0.478 e. The van der Waals surface area contributed by atoms with Gasteiger partial charge in [-0.25, -0.2) is 9.78 Å². The maximum absolute atomic E-state index is 11.8. The average molecular weight is 445 g/mol. The van der Waals surface area contributed by atoms with Gasteiger partial charge >= 0.3 is 5.97 Å². The molecule has 4 rings (SSSR count). The van der Waals surface area contributed by atoms with Crippen LogP contribution in [0.3, 0.4) is 0 Å². The Balaban J connectivity index is 1.74. The molecule has 32 heavy (non-hydrogen) atoms. The molecule has 2 heterocycles. The summed E-state index contributed by atoms with van der Waals surface area (Å²) in [7, 11) is 0. The van der Waals surface area contributed by atoms with Crippen molar-refractivity contribution in [3.05, 3.63) is 77.3 Å². The molecule has 0 saturated carbocycles. The number of hydrogen-bond acceptors (Lipinski definition) is 5. The topological polar surface area (TPSA) is 85.4 Å². The highest BCUT2D eigenvalue weighted by molar-refractivity contribution is 7.18. The lowest BCUT2D eigenvalue weighted by Gasteiger charge is -2.19. The van der Waals surface area contributed by atoms with Gasteiger partial charge in [0.05, 0.1) is 0 Å². The molecule has 0 aliphatic rings. The van der Waals surface area contributed by atoms with Crippen molar-refractivity contribution in [2.24, 2.45) is 5.41 Å². The second-order valence-electron chi connectivity index (χ2n) is 8.50. The fraction of sp³-hybridized carbons (Fsp3) is 0.154. The third-order valence-electron chi connectivity index (χ3n) is 5.13. The highest BCUT2D eigenvalue weighted by Gasteiger charge is 2.24. The molecule has 0 atom stereocenters. The summed E-state index contributed by atoms with van der Waals surface area (Å²) in [6.07, 6.45) is 3.34. The number of rotatable bonds is 5. The van der Waals surface area contributed by atoms with E-state index < -0.39 is 11.4 Å². The Morgan fingerprint density at radius 3 is 2.34 bits per heavy atom. The van der Waals surface area contributed by atoms with Gasteiger partial charge in [0, 0.05) is 33.0 Å². The van der Waals surface area contributed by atoms with Crippen molar-refractivity contribution in [1.82, 2.24) is 4.98 Å². The van der Waals surface area contributed by atoms with E-state index in [-0.39, 0.29) is 0 Å². The molecule has 2 aromatic heterocycles. The first kappa shape index (κ1) is 21.6. The van der Waals surface area contributed by atoms with Crippen LogP contribution in [0.5, 0.6) is 11.5 Å². The summed E-state index contributed by atoms with van der Waals surface area (Å²) in [5, 5.41) is 12.6. The van der Waals surface area contributed by atoms with Gasteiger partial charge in [0.2, 0.25) is 0 Å². The maximum atomic E-state index is 11.8. The van der Waals surface area contributed by atoms with Crippen LogP contribution in [0, 0.1) is 5.41 Å². The molecular formula is C26H24N2O3S. The van der Waals surface area contributed by atoms with Gasteiger partial charge < -0.3 is 15.6 Å². The Bertz CT molecular complexity index is 1300. The van der Waals surface area contributed by atoms with Crippen LogP contribution in [0.2, 0.25) is 0 Å². The van der Waals surface area contributed by atoms with Crippen LogP contribution in [-0.4, -0.2) is 16.1 Å². The minimum Gasteiger partial charge on any atom is -0.478 e. The molecule has 4 aromatic rings. The van der Waals surface area contributed by atoms with Crippen molar-refractivity contribution < 1.29 is 14.6 Å². The van der Waals surface area contributed by atoms with Crippen molar-refractivity contribution in [3.8, 4) is 22.6 Å². The highest BCUT2D eigenvalue weighted by atomic mass is 32.1. The molecular weight excluding hydrogens is 420 g/mol. The lowest BCUT2D eigenvalue weighted by atomic mass is 9.85. The van der Waals surface area contributed by atoms with Crippen LogP contribution >= 0.6 is 11.3 Å². The van der Waals surface area contributed by atoms with E-state index in [4.69, 9.17) is 10.5 Å². The zero-order valence-electron chi connectivity index (χ0n) is 18.1. The van der Waals surface area contributed by atoms with Crippen LogP contribution < -0.4 is 10.5 Å². The SMILES string of the molecule is CC(C)(C)C(=Cc1cnc(N)c2c(-c3ccc(Oc4ccccc4)cc3)csc12)C(=O)O. The lowest BCUT2D eigenvalue weighted by Crippen LogP contribution is -2.17. The summed E-state index contributed by atoms with van der Waals surface area (Å²) in [4.78, 5) is 16.2. The molecule has 0 fully saturated rings. The lowest BCUT2D eigenvalue weighted by molar-refractivity contribution is -0.133. The van der Waals surface area contributed by atoms with Gasteiger partial charge in [-0.05, 0) is 46.7 Å². The van der Waals surface area contributed by atoms with Crippen molar-refractivity contribution in [2.75, 3.05) is 5.73 Å². The van der Waals surface area contributed by atoms with Crippen LogP contribution in [0.15, 0.2) is 71.7 Å². The Labute approximate surface area is 190 Å². The number of thiophene rings is 1. The van der Waals surface area contributed by atoms with Gasteiger partial charge in [0.1, 0.15) is 17.3 Å². The molecule has 3 N–H and O–H groups in total. The zero-order chi connectivity index (χ0) is 22.9. The summed E-state index contributed by atoms with van der Waals surface area (Å²) < 4.78 is 6.80. The Morgan fingerprint density at radius 1 is 1.06 bits per heavy atom. The van der Waals surface area contributed by atoms with E-state index in [1.54, 1.807) is 12.3 Å². The molecule has 0 unspecified atom stereocenters. The Kier molecular flexibility index (Phi) is 5.72. The van der Waals surface area contributed by atoms with E-state index >= 15 is 0 Å². The smallest absolute Gasteiger partial charge is 0.332 e. The monoisotopic (exact) mass is 444 g/mol. The number of hydrogen-bond donors (Lipinski definition) is 2. The molecule has 0 aliphatic heterocycles. The standard InChI is InChI=1S/C26H24N2O3S/c1-26(2,3)21(25(29)30)13-17-14-28-24(27)22-20(15-32-23(17)22)16-9-11-19(12-10-16)31-18-7-5-4-6-8-18/h4-15H,1-3H3,(H2,27,28)(H,29,30). The van der Waals surface area contributed by atoms with Crippen molar-refractivity contribution in [3.63, 3.8) is 0 Å². The molecule has 162 valence electrons. The number of fused-ring (bicyclic) bond motifs is 1. The number of nitrogen functional groups attached to an aromatic ring is 1. The van der Waals surface area contributed by atoms with Crippen LogP contribution in [-0.2, 0) is 4.79 Å². The van der Waals surface area contributed by atoms with E-state index in [1.165, 1.54) is 11.3 Å². The first-order valence-corrected chi connectivity index (χ1v) is 11.1. The Morgan fingerprint density at radius 2 is 1.72 bits per heavy atom. The van der Waals surface area contributed by atoms with Gasteiger partial charge in [-0.2, -0.15) is 0 Å². The number of ether oxygens (including phenoxy) is 1. The fourth-order valence-corrected chi connectivity index (χ4v) is 4.55. The zero-order valence-corrected chi connectivity index (χ0v) is 18.9. The summed E-state index contributed by atoms with van der Waals surface area (Å²) in [6, 6.07) is 17.4. The fourth-order valence-electron chi connectivity index (χ4n) is 3.48. The van der Waals surface area contributed by atoms with E-state index in [1.807, 2.05) is 80.7 Å². The third-order valence-corrected chi connectivity index (χ3v) is 6.16. The first-order chi connectivity index (χ1) is 15.2. The highest BCUT2D eigenvalue weighted by Crippen LogP contribution is 2.40. The van der Waals surface area contributed by atoms with E-state index in [0.717, 1.165) is 38.3 Å². The van der Waals surface area contributed by atoms with Gasteiger partial charge in [-0.15, -0.1) is 11.3 Å². The second-order valence-corrected chi connectivity index (χ2v) is 9.38. The van der Waals surface area contributed by atoms with E-state index in [2.05, 4.69) is 4.98 Å². The number of benzene rings is 2. The van der Waals surface area contributed by atoms with E-state index in [0.29, 0.717) is 11.4 Å². The van der Waals surface area contributed by atoms with Crippen LogP contribution in [0.25, 0.3) is 27.3 Å². The molecule has 0 saturated heterocycles. The van der Waals surface area contributed by atoms with Crippen molar-refractivity contribution in [1.29, 1.82) is 0 Å². The molecule has 2 aromatic carbocycles. The second kappa shape index (κ2) is 8.48. The van der Waals surface area contributed by atoms with Crippen LogP contribution in [0.4, 0.5) is 5.82 Å². The van der Waals surface area contributed by atoms with Gasteiger partial charge in [0.15, 0.2) is 0 Å². The molecule has 0 bridgehead atoms. The number of para-hydroxylation sites is 1. The average Bonchev–Trinajstić information content (AvgIpc) is 3.20. The normalized spacial score (nSPS) is 12.2. The molecule has 0 aliphatic carbocycles. The number of anilines is 1. The number of pyridine rings is 1. The molecule has 6 heteroatoms. The van der Waals surface area contributed by atoms with Crippen molar-refractivity contribution >= 4 is 39.3 Å². The quantitative estimate of drug-likeness (QED) is 0.329. The predicted octanol–water partition coefficient (Wildman–Crippen LogP) is 6.85. The predicted molar refractivity (Wildman–Crippen MR) is 131 cm³/mol. The number of aromatic nitrogens is 1. The number of carboxylic acid groups (broad SMARTS) is 1. The molecule has 0 spiro atoms. The first-order valence-electron chi connectivity index (χ1n) is 10.2. The van der Waals surface area contributed by atoms with Crippen molar-refractivity contribution in [2.45, 2.75) is 20.8 Å². The minimum atomic E-state index is -0.937. The van der Waals surface area contributed by atoms with Gasteiger partial charge in [0.25, 0.3) is 0 Å². The number of nitrogens with two attached hydrogens (primary N) is 1. The molecule has 5 nitrogen and oxygen atoms in total. The third kappa shape index (κ3) is 4.36. The maximum Gasteiger partial charge on any atom is 0.332 e. The minimum absolute atomic E-state index is 0.322.